The van der Waals surface area contributed by atoms with Crippen LogP contribution in [0.5, 0.6) is 23.0 Å². The van der Waals surface area contributed by atoms with Crippen LogP contribution in [0.1, 0.15) is 40.0 Å². The Morgan fingerprint density at radius 1 is 0.848 bits per heavy atom. The van der Waals surface area contributed by atoms with Crippen molar-refractivity contribution >= 4 is 55.4 Å². The number of thiol groups is 1. The SMILES string of the molecule is C=C1C[C@H]2C=Nc3cc(OCCP(=O)(CCS)CCOc4cc5c(cc4OC)C(=O)N4CCC[C@H]4C=N5)c(OC)cc3C(=O)N2C1. The normalized spacial score (nSPS) is 21.2. The smallest absolute Gasteiger partial charge is 0.257 e. The predicted octanol–water partition coefficient (Wildman–Crippen LogP) is 5.26. The first-order valence-corrected chi connectivity index (χ1v) is 18.4. The van der Waals surface area contributed by atoms with Crippen molar-refractivity contribution in [1.29, 1.82) is 0 Å². The Morgan fingerprint density at radius 3 is 1.98 bits per heavy atom. The molecule has 13 heteroatoms. The van der Waals surface area contributed by atoms with E-state index in [1.165, 1.54) is 14.2 Å². The van der Waals surface area contributed by atoms with Gasteiger partial charge in [-0.25, -0.2) is 0 Å². The maximum atomic E-state index is 14.0. The number of hydrogen-bond donors (Lipinski definition) is 1. The van der Waals surface area contributed by atoms with E-state index in [9.17, 15) is 14.2 Å². The molecule has 46 heavy (non-hydrogen) atoms. The van der Waals surface area contributed by atoms with Crippen LogP contribution in [0, 0.1) is 0 Å². The number of amides is 2. The van der Waals surface area contributed by atoms with Crippen LogP contribution in [0.15, 0.2) is 46.4 Å². The van der Waals surface area contributed by atoms with Crippen LogP contribution in [0.2, 0.25) is 0 Å². The molecule has 4 aliphatic rings. The summed E-state index contributed by atoms with van der Waals surface area (Å²) in [5, 5.41) is 0. The fourth-order valence-electron chi connectivity index (χ4n) is 6.39. The summed E-state index contributed by atoms with van der Waals surface area (Å²) in [6.07, 6.45) is 7.19. The van der Waals surface area contributed by atoms with E-state index in [-0.39, 0.29) is 37.1 Å². The van der Waals surface area contributed by atoms with E-state index >= 15 is 0 Å². The number of carbonyl (C=O) groups excluding carboxylic acids is 2. The van der Waals surface area contributed by atoms with E-state index in [4.69, 9.17) is 18.9 Å². The molecule has 0 radical (unpaired) electrons. The van der Waals surface area contributed by atoms with Gasteiger partial charge in [-0.1, -0.05) is 12.2 Å². The van der Waals surface area contributed by atoms with Crippen molar-refractivity contribution in [2.45, 2.75) is 31.3 Å². The highest BCUT2D eigenvalue weighted by Gasteiger charge is 2.35. The van der Waals surface area contributed by atoms with Gasteiger partial charge in [0.25, 0.3) is 11.8 Å². The number of nitrogens with zero attached hydrogens (tertiary/aromatic N) is 4. The summed E-state index contributed by atoms with van der Waals surface area (Å²) < 4.78 is 37.3. The Kier molecular flexibility index (Phi) is 9.47. The van der Waals surface area contributed by atoms with E-state index in [2.05, 4.69) is 29.2 Å². The average Bonchev–Trinajstić information content (AvgIpc) is 3.62. The molecule has 6 rings (SSSR count). The minimum absolute atomic E-state index is 0.00385. The molecule has 0 saturated carbocycles. The van der Waals surface area contributed by atoms with Gasteiger partial charge in [0.2, 0.25) is 0 Å². The Morgan fingerprint density at radius 2 is 1.41 bits per heavy atom. The number of benzene rings is 2. The summed E-state index contributed by atoms with van der Waals surface area (Å²) in [5.74, 6) is 1.97. The van der Waals surface area contributed by atoms with Gasteiger partial charge in [-0.2, -0.15) is 12.6 Å². The molecule has 2 aromatic rings. The molecule has 4 heterocycles. The van der Waals surface area contributed by atoms with Crippen LogP contribution in [0.4, 0.5) is 11.4 Å². The molecule has 1 unspecified atom stereocenters. The van der Waals surface area contributed by atoms with Crippen molar-refractivity contribution in [3.63, 3.8) is 0 Å². The Bertz CT molecular complexity index is 1660. The van der Waals surface area contributed by atoms with Crippen LogP contribution in [0.3, 0.4) is 0 Å². The summed E-state index contributed by atoms with van der Waals surface area (Å²) in [4.78, 5) is 39.2. The molecule has 11 nitrogen and oxygen atoms in total. The average molecular weight is 667 g/mol. The molecule has 4 aliphatic heterocycles. The van der Waals surface area contributed by atoms with Crippen molar-refractivity contribution in [2.75, 3.05) is 64.8 Å². The van der Waals surface area contributed by atoms with Crippen molar-refractivity contribution in [1.82, 2.24) is 9.80 Å². The molecule has 0 aromatic heterocycles. The molecule has 0 bridgehead atoms. The largest absolute Gasteiger partial charge is 0.493 e. The summed E-state index contributed by atoms with van der Waals surface area (Å²) in [7, 11) is 0.296. The van der Waals surface area contributed by atoms with Crippen LogP contribution in [0.25, 0.3) is 0 Å². The van der Waals surface area contributed by atoms with E-state index in [0.29, 0.717) is 89.2 Å². The van der Waals surface area contributed by atoms with Gasteiger partial charge in [0.1, 0.15) is 0 Å². The Balaban J connectivity index is 1.11. The maximum Gasteiger partial charge on any atom is 0.257 e. The van der Waals surface area contributed by atoms with Crippen molar-refractivity contribution in [3.8, 4) is 23.0 Å². The van der Waals surface area contributed by atoms with E-state index in [0.717, 1.165) is 18.4 Å². The molecule has 0 aliphatic carbocycles. The topological polar surface area (TPSA) is 119 Å². The van der Waals surface area contributed by atoms with Crippen molar-refractivity contribution < 1.29 is 33.1 Å². The summed E-state index contributed by atoms with van der Waals surface area (Å²) in [5.41, 5.74) is 2.97. The lowest BCUT2D eigenvalue weighted by Crippen LogP contribution is -2.35. The Labute approximate surface area is 274 Å². The second-order valence-corrected chi connectivity index (χ2v) is 15.8. The standard InChI is InChI=1S/C33H39N4O7PS/c1-21-13-23-19-35-27-17-31(29(42-3)15-25(27)33(39)37(23)20-21)44-8-10-45(40,11-12-46)9-7-43-30-16-26-24(14-28(30)41-2)32(38)36-6-4-5-22(36)18-34-26/h14-19,22-23,46H,1,4-13,20H2,2-3H3/t22-,23-,45?/m0/s1. The molecule has 0 N–H and O–H groups in total. The molecule has 0 spiro atoms. The lowest BCUT2D eigenvalue weighted by molar-refractivity contribution is 0.0768. The highest BCUT2D eigenvalue weighted by Crippen LogP contribution is 2.46. The first-order valence-electron chi connectivity index (χ1n) is 15.5. The number of carbonyl (C=O) groups is 2. The molecule has 2 aromatic carbocycles. The fourth-order valence-corrected chi connectivity index (χ4v) is 9.36. The van der Waals surface area contributed by atoms with E-state index in [1.807, 2.05) is 11.1 Å². The van der Waals surface area contributed by atoms with Crippen LogP contribution in [-0.4, -0.2) is 111 Å². The highest BCUT2D eigenvalue weighted by atomic mass is 32.1. The van der Waals surface area contributed by atoms with Gasteiger partial charge < -0.3 is 33.3 Å². The van der Waals surface area contributed by atoms with E-state index in [1.54, 1.807) is 35.4 Å². The van der Waals surface area contributed by atoms with Crippen LogP contribution < -0.4 is 18.9 Å². The molecule has 244 valence electrons. The van der Waals surface area contributed by atoms with Crippen molar-refractivity contribution in [3.05, 3.63) is 47.5 Å². The molecule has 2 saturated heterocycles. The van der Waals surface area contributed by atoms with Gasteiger partial charge >= 0.3 is 0 Å². The summed E-state index contributed by atoms with van der Waals surface area (Å²) in [6, 6.07) is 6.65. The number of fused-ring (bicyclic) bond motifs is 4. The number of aliphatic imine (C=N–C) groups is 2. The second-order valence-electron chi connectivity index (χ2n) is 11.9. The maximum absolute atomic E-state index is 14.0. The van der Waals surface area contributed by atoms with Gasteiger partial charge in [-0.3, -0.25) is 19.6 Å². The summed E-state index contributed by atoms with van der Waals surface area (Å²) in [6.45, 7) is 5.59. The van der Waals surface area contributed by atoms with Gasteiger partial charge in [0.15, 0.2) is 23.0 Å². The first-order chi connectivity index (χ1) is 22.2. The second kappa shape index (κ2) is 13.5. The highest BCUT2D eigenvalue weighted by molar-refractivity contribution is 7.81. The fraction of sp³-hybridized carbons (Fsp3) is 0.455. The van der Waals surface area contributed by atoms with Crippen LogP contribution in [-0.2, 0) is 4.57 Å². The van der Waals surface area contributed by atoms with E-state index < -0.39 is 7.14 Å². The molecule has 2 amide bonds. The van der Waals surface area contributed by atoms with Gasteiger partial charge in [-0.15, -0.1) is 0 Å². The number of hydrogen-bond acceptors (Lipinski definition) is 10. The monoisotopic (exact) mass is 666 g/mol. The number of ether oxygens (including phenoxy) is 4. The zero-order valence-electron chi connectivity index (χ0n) is 26.1. The lowest BCUT2D eigenvalue weighted by Gasteiger charge is -2.21. The number of methoxy groups -OCH3 is 2. The van der Waals surface area contributed by atoms with Gasteiger partial charge in [0.05, 0.1) is 69.2 Å². The summed E-state index contributed by atoms with van der Waals surface area (Å²) >= 11 is 4.36. The Hall–Kier alpha value is -3.76. The molecular weight excluding hydrogens is 627 g/mol. The predicted molar refractivity (Wildman–Crippen MR) is 182 cm³/mol. The molecular formula is C33H39N4O7PS. The first kappa shape index (κ1) is 32.2. The molecule has 2 fully saturated rings. The third-order valence-corrected chi connectivity index (χ3v) is 12.5. The van der Waals surface area contributed by atoms with Crippen molar-refractivity contribution in [2.24, 2.45) is 9.98 Å². The van der Waals surface area contributed by atoms with Gasteiger partial charge in [-0.05, 0) is 37.1 Å². The number of rotatable bonds is 12. The minimum Gasteiger partial charge on any atom is -0.493 e. The zero-order valence-corrected chi connectivity index (χ0v) is 27.9. The lowest BCUT2D eigenvalue weighted by atomic mass is 10.1. The van der Waals surface area contributed by atoms with Gasteiger partial charge in [0, 0.05) is 56.1 Å². The molecule has 3 atom stereocenters. The zero-order chi connectivity index (χ0) is 32.4. The third kappa shape index (κ3) is 6.42. The quantitative estimate of drug-likeness (QED) is 0.187. The third-order valence-electron chi connectivity index (χ3n) is 8.93. The minimum atomic E-state index is -2.75. The van der Waals surface area contributed by atoms with Crippen LogP contribution >= 0.6 is 19.8 Å².